The van der Waals surface area contributed by atoms with E-state index in [1.54, 1.807) is 48.4 Å². The first-order chi connectivity index (χ1) is 11.9. The lowest BCUT2D eigenvalue weighted by Crippen LogP contribution is -2.41. The van der Waals surface area contributed by atoms with Gasteiger partial charge in [-0.25, -0.2) is 8.42 Å². The van der Waals surface area contributed by atoms with Crippen LogP contribution in [0, 0.1) is 0 Å². The van der Waals surface area contributed by atoms with Crippen LogP contribution in [0.4, 0.5) is 5.69 Å². The van der Waals surface area contributed by atoms with Crippen LogP contribution in [0.5, 0.6) is 5.75 Å². The molecule has 1 aliphatic heterocycles. The number of hydrogen-bond donors (Lipinski definition) is 1. The molecule has 0 spiro atoms. The Bertz CT molecular complexity index is 884. The number of sulfonamides is 1. The standard InChI is InChI=1S/C17H17ClN2O4S/c1-24-14-7-5-13(6-8-14)20-10-9-16(17(20)21)19-25(22,23)15-4-2-3-12(18)11-15/h2-8,11,16,19H,9-10H2,1H3/t16-/m1/s1. The van der Waals surface area contributed by atoms with E-state index < -0.39 is 16.1 Å². The van der Waals surface area contributed by atoms with E-state index in [9.17, 15) is 13.2 Å². The van der Waals surface area contributed by atoms with Gasteiger partial charge >= 0.3 is 0 Å². The maximum Gasteiger partial charge on any atom is 0.245 e. The third-order valence-corrected chi connectivity index (χ3v) is 5.70. The van der Waals surface area contributed by atoms with E-state index in [4.69, 9.17) is 16.3 Å². The molecule has 1 fully saturated rings. The van der Waals surface area contributed by atoms with E-state index in [0.29, 0.717) is 29.4 Å². The number of methoxy groups -OCH3 is 1. The minimum Gasteiger partial charge on any atom is -0.497 e. The number of benzene rings is 2. The molecule has 8 heteroatoms. The van der Waals surface area contributed by atoms with Gasteiger partial charge in [-0.15, -0.1) is 0 Å². The summed E-state index contributed by atoms with van der Waals surface area (Å²) in [6.07, 6.45) is 0.394. The van der Waals surface area contributed by atoms with Gasteiger partial charge in [-0.05, 0) is 48.9 Å². The van der Waals surface area contributed by atoms with Gasteiger partial charge in [-0.3, -0.25) is 4.79 Å². The van der Waals surface area contributed by atoms with Gasteiger partial charge < -0.3 is 9.64 Å². The minimum atomic E-state index is -3.82. The number of rotatable bonds is 5. The SMILES string of the molecule is COc1ccc(N2CC[C@@H](NS(=O)(=O)c3cccc(Cl)c3)C2=O)cc1. The molecule has 1 heterocycles. The van der Waals surface area contributed by atoms with E-state index >= 15 is 0 Å². The summed E-state index contributed by atoms with van der Waals surface area (Å²) < 4.78 is 32.5. The summed E-state index contributed by atoms with van der Waals surface area (Å²) in [5.41, 5.74) is 0.704. The molecule has 1 atom stereocenters. The Labute approximate surface area is 151 Å². The fraction of sp³-hybridized carbons (Fsp3) is 0.235. The van der Waals surface area contributed by atoms with Gasteiger partial charge in [0.25, 0.3) is 0 Å². The van der Waals surface area contributed by atoms with Gasteiger partial charge in [0.2, 0.25) is 15.9 Å². The summed E-state index contributed by atoms with van der Waals surface area (Å²) in [6, 6.07) is 12.2. The van der Waals surface area contributed by atoms with E-state index in [1.165, 1.54) is 12.1 Å². The lowest BCUT2D eigenvalue weighted by molar-refractivity contribution is -0.118. The molecule has 1 aliphatic rings. The Morgan fingerprint density at radius 1 is 1.20 bits per heavy atom. The number of nitrogens with zero attached hydrogens (tertiary/aromatic N) is 1. The van der Waals surface area contributed by atoms with Crippen molar-refractivity contribution in [2.45, 2.75) is 17.4 Å². The highest BCUT2D eigenvalue weighted by atomic mass is 35.5. The summed E-state index contributed by atoms with van der Waals surface area (Å²) in [5.74, 6) is 0.407. The molecule has 1 saturated heterocycles. The second-order valence-corrected chi connectivity index (χ2v) is 7.76. The Hall–Kier alpha value is -2.09. The predicted molar refractivity (Wildman–Crippen MR) is 95.5 cm³/mol. The minimum absolute atomic E-state index is 0.0377. The van der Waals surface area contributed by atoms with E-state index in [-0.39, 0.29) is 10.8 Å². The van der Waals surface area contributed by atoms with Crippen LogP contribution in [0.25, 0.3) is 0 Å². The fourth-order valence-electron chi connectivity index (χ4n) is 2.70. The summed E-state index contributed by atoms with van der Waals surface area (Å²) in [5, 5.41) is 0.320. The second-order valence-electron chi connectivity index (χ2n) is 5.61. The number of carbonyl (C=O) groups is 1. The van der Waals surface area contributed by atoms with Crippen molar-refractivity contribution in [3.63, 3.8) is 0 Å². The largest absolute Gasteiger partial charge is 0.497 e. The molecule has 0 bridgehead atoms. The zero-order chi connectivity index (χ0) is 18.0. The number of halogens is 1. The normalized spacial score (nSPS) is 17.8. The number of hydrogen-bond acceptors (Lipinski definition) is 4. The average molecular weight is 381 g/mol. The maximum atomic E-state index is 12.6. The van der Waals surface area contributed by atoms with Crippen LogP contribution in [0.2, 0.25) is 5.02 Å². The van der Waals surface area contributed by atoms with Crippen molar-refractivity contribution in [1.29, 1.82) is 0 Å². The summed E-state index contributed by atoms with van der Waals surface area (Å²) >= 11 is 5.85. The van der Waals surface area contributed by atoms with Gasteiger partial charge in [0.05, 0.1) is 12.0 Å². The monoisotopic (exact) mass is 380 g/mol. The first-order valence-corrected chi connectivity index (χ1v) is 9.50. The Kier molecular flexibility index (Phi) is 4.99. The van der Waals surface area contributed by atoms with E-state index in [2.05, 4.69) is 4.72 Å². The number of nitrogens with one attached hydrogen (secondary N) is 1. The van der Waals surface area contributed by atoms with Crippen LogP contribution >= 0.6 is 11.6 Å². The Morgan fingerprint density at radius 3 is 2.56 bits per heavy atom. The van der Waals surface area contributed by atoms with Crippen LogP contribution in [-0.2, 0) is 14.8 Å². The van der Waals surface area contributed by atoms with Gasteiger partial charge in [-0.1, -0.05) is 17.7 Å². The average Bonchev–Trinajstić information content (AvgIpc) is 2.95. The molecule has 3 rings (SSSR count). The van der Waals surface area contributed by atoms with Crippen molar-refractivity contribution >= 4 is 33.2 Å². The second kappa shape index (κ2) is 7.03. The van der Waals surface area contributed by atoms with Crippen molar-refractivity contribution in [3.8, 4) is 5.75 Å². The van der Waals surface area contributed by atoms with Gasteiger partial charge in [0.15, 0.2) is 0 Å². The van der Waals surface area contributed by atoms with Gasteiger partial charge in [-0.2, -0.15) is 4.72 Å². The summed E-state index contributed by atoms with van der Waals surface area (Å²) in [7, 11) is -2.25. The fourth-order valence-corrected chi connectivity index (χ4v) is 4.22. The van der Waals surface area contributed by atoms with E-state index in [1.807, 2.05) is 0 Å². The molecule has 132 valence electrons. The third kappa shape index (κ3) is 3.78. The van der Waals surface area contributed by atoms with Gasteiger partial charge in [0, 0.05) is 17.3 Å². The van der Waals surface area contributed by atoms with Crippen molar-refractivity contribution in [2.75, 3.05) is 18.6 Å². The first kappa shape index (κ1) is 17.7. The molecule has 0 saturated carbocycles. The molecule has 0 aromatic heterocycles. The Balaban J connectivity index is 1.75. The number of ether oxygens (including phenoxy) is 1. The molecule has 2 aromatic carbocycles. The maximum absolute atomic E-state index is 12.6. The Morgan fingerprint density at radius 2 is 1.92 bits per heavy atom. The van der Waals surface area contributed by atoms with Crippen LogP contribution < -0.4 is 14.4 Å². The van der Waals surface area contributed by atoms with Gasteiger partial charge in [0.1, 0.15) is 11.8 Å². The predicted octanol–water partition coefficient (Wildman–Crippen LogP) is 2.43. The molecule has 1 N–H and O–H groups in total. The quantitative estimate of drug-likeness (QED) is 0.864. The van der Waals surface area contributed by atoms with Crippen LogP contribution in [0.3, 0.4) is 0 Å². The molecular formula is C17H17ClN2O4S. The smallest absolute Gasteiger partial charge is 0.245 e. The molecule has 1 amide bonds. The molecule has 0 aliphatic carbocycles. The highest BCUT2D eigenvalue weighted by molar-refractivity contribution is 7.89. The zero-order valence-electron chi connectivity index (χ0n) is 13.5. The van der Waals surface area contributed by atoms with Crippen LogP contribution in [0.1, 0.15) is 6.42 Å². The lowest BCUT2D eigenvalue weighted by Gasteiger charge is -2.17. The van der Waals surface area contributed by atoms with Crippen molar-refractivity contribution in [2.24, 2.45) is 0 Å². The van der Waals surface area contributed by atoms with Crippen molar-refractivity contribution in [3.05, 3.63) is 53.6 Å². The number of carbonyl (C=O) groups excluding carboxylic acids is 1. The molecule has 25 heavy (non-hydrogen) atoms. The van der Waals surface area contributed by atoms with Crippen molar-refractivity contribution < 1.29 is 17.9 Å². The highest BCUT2D eigenvalue weighted by Gasteiger charge is 2.35. The van der Waals surface area contributed by atoms with Crippen LogP contribution in [0.15, 0.2) is 53.4 Å². The highest BCUT2D eigenvalue weighted by Crippen LogP contribution is 2.25. The zero-order valence-corrected chi connectivity index (χ0v) is 15.0. The molecule has 0 unspecified atom stereocenters. The van der Waals surface area contributed by atoms with Crippen LogP contribution in [-0.4, -0.2) is 34.0 Å². The number of amides is 1. The lowest BCUT2D eigenvalue weighted by atomic mass is 10.2. The van der Waals surface area contributed by atoms with Crippen molar-refractivity contribution in [1.82, 2.24) is 4.72 Å². The summed E-state index contributed by atoms with van der Waals surface area (Å²) in [6.45, 7) is 0.438. The molecule has 0 radical (unpaired) electrons. The number of anilines is 1. The molecular weight excluding hydrogens is 364 g/mol. The first-order valence-electron chi connectivity index (χ1n) is 7.64. The molecule has 6 nitrogen and oxygen atoms in total. The summed E-state index contributed by atoms with van der Waals surface area (Å²) in [4.78, 5) is 14.2. The molecule has 2 aromatic rings. The third-order valence-electron chi connectivity index (χ3n) is 3.99. The topological polar surface area (TPSA) is 75.7 Å². The van der Waals surface area contributed by atoms with E-state index in [0.717, 1.165) is 0 Å².